The maximum atomic E-state index is 13.0. The summed E-state index contributed by atoms with van der Waals surface area (Å²) < 4.78 is 48.6. The molecule has 0 N–H and O–H groups in total. The monoisotopic (exact) mass is 270 g/mol. The van der Waals surface area contributed by atoms with E-state index in [1.807, 2.05) is 0 Å². The summed E-state index contributed by atoms with van der Waals surface area (Å²) in [4.78, 5) is 10.7. The van der Waals surface area contributed by atoms with Crippen LogP contribution in [0.15, 0.2) is 22.7 Å². The number of Topliss-reactive ketones (excluding diaryl/α,β-unsaturated/α-hetero) is 1. The standard InChI is InChI=1S/C8H3BrF4O/c9-5-3-1-2-4(6(5)10)7(14)8(11,12)13/h1-3H. The van der Waals surface area contributed by atoms with Crippen LogP contribution in [0.5, 0.6) is 0 Å². The number of ketones is 1. The SMILES string of the molecule is O=C(c1cccc(Br)c1F)C(F)(F)F. The van der Waals surface area contributed by atoms with Gasteiger partial charge in [0.1, 0.15) is 5.82 Å². The highest BCUT2D eigenvalue weighted by atomic mass is 79.9. The third-order valence-corrected chi connectivity index (χ3v) is 2.07. The molecule has 0 aromatic heterocycles. The minimum atomic E-state index is -5.05. The van der Waals surface area contributed by atoms with Gasteiger partial charge in [0.25, 0.3) is 5.78 Å². The molecule has 0 amide bonds. The van der Waals surface area contributed by atoms with Crippen molar-refractivity contribution in [2.75, 3.05) is 0 Å². The molecule has 1 rings (SSSR count). The molecule has 6 heteroatoms. The number of carbonyl (C=O) groups excluding carboxylic acids is 1. The Balaban J connectivity index is 3.21. The van der Waals surface area contributed by atoms with Gasteiger partial charge in [-0.15, -0.1) is 0 Å². The van der Waals surface area contributed by atoms with Crippen LogP contribution >= 0.6 is 15.9 Å². The minimum Gasteiger partial charge on any atom is -0.284 e. The summed E-state index contributed by atoms with van der Waals surface area (Å²) in [7, 11) is 0. The number of alkyl halides is 3. The Labute approximate surface area is 84.9 Å². The maximum absolute atomic E-state index is 13.0. The molecule has 76 valence electrons. The smallest absolute Gasteiger partial charge is 0.284 e. The first-order valence-electron chi connectivity index (χ1n) is 3.39. The van der Waals surface area contributed by atoms with E-state index in [2.05, 4.69) is 15.9 Å². The van der Waals surface area contributed by atoms with Crippen molar-refractivity contribution in [1.29, 1.82) is 0 Å². The van der Waals surface area contributed by atoms with Crippen molar-refractivity contribution >= 4 is 21.7 Å². The number of hydrogen-bond acceptors (Lipinski definition) is 1. The first kappa shape index (κ1) is 11.2. The molecular weight excluding hydrogens is 268 g/mol. The number of hydrogen-bond donors (Lipinski definition) is 0. The molecule has 0 heterocycles. The lowest BCUT2D eigenvalue weighted by atomic mass is 10.1. The zero-order chi connectivity index (χ0) is 10.9. The molecule has 1 aromatic carbocycles. The van der Waals surface area contributed by atoms with Crippen LogP contribution in [0.2, 0.25) is 0 Å². The second kappa shape index (κ2) is 3.68. The average Bonchev–Trinajstić information content (AvgIpc) is 2.07. The van der Waals surface area contributed by atoms with Crippen LogP contribution in [-0.2, 0) is 0 Å². The molecule has 0 aliphatic rings. The highest BCUT2D eigenvalue weighted by Gasteiger charge is 2.40. The molecule has 0 aliphatic carbocycles. The van der Waals surface area contributed by atoms with E-state index in [4.69, 9.17) is 0 Å². The van der Waals surface area contributed by atoms with Crippen LogP contribution < -0.4 is 0 Å². The van der Waals surface area contributed by atoms with E-state index in [-0.39, 0.29) is 4.47 Å². The minimum absolute atomic E-state index is 0.174. The van der Waals surface area contributed by atoms with Gasteiger partial charge in [0.2, 0.25) is 0 Å². The normalized spacial score (nSPS) is 11.5. The molecule has 0 saturated carbocycles. The Bertz CT molecular complexity index is 372. The molecule has 0 fully saturated rings. The van der Waals surface area contributed by atoms with E-state index in [0.717, 1.165) is 12.1 Å². The predicted octanol–water partition coefficient (Wildman–Crippen LogP) is 3.33. The molecule has 0 atom stereocenters. The average molecular weight is 271 g/mol. The second-order valence-corrected chi connectivity index (χ2v) is 3.28. The largest absolute Gasteiger partial charge is 0.454 e. The van der Waals surface area contributed by atoms with E-state index in [0.29, 0.717) is 0 Å². The summed E-state index contributed by atoms with van der Waals surface area (Å²) >= 11 is 2.69. The second-order valence-electron chi connectivity index (χ2n) is 2.43. The predicted molar refractivity (Wildman–Crippen MR) is 44.5 cm³/mol. The van der Waals surface area contributed by atoms with Crippen molar-refractivity contribution < 1.29 is 22.4 Å². The van der Waals surface area contributed by atoms with Gasteiger partial charge in [0.05, 0.1) is 10.0 Å². The Morgan fingerprint density at radius 2 is 1.86 bits per heavy atom. The zero-order valence-corrected chi connectivity index (χ0v) is 8.12. The van der Waals surface area contributed by atoms with Crippen molar-refractivity contribution in [1.82, 2.24) is 0 Å². The summed E-state index contributed by atoms with van der Waals surface area (Å²) in [5.74, 6) is -3.38. The molecule has 0 spiro atoms. The van der Waals surface area contributed by atoms with Crippen LogP contribution in [0.4, 0.5) is 17.6 Å². The Morgan fingerprint density at radius 3 is 2.36 bits per heavy atom. The van der Waals surface area contributed by atoms with Crippen molar-refractivity contribution in [3.05, 3.63) is 34.1 Å². The van der Waals surface area contributed by atoms with Crippen molar-refractivity contribution in [3.8, 4) is 0 Å². The molecular formula is C8H3BrF4O. The van der Waals surface area contributed by atoms with E-state index >= 15 is 0 Å². The third-order valence-electron chi connectivity index (χ3n) is 1.45. The van der Waals surface area contributed by atoms with Gasteiger partial charge in [-0.25, -0.2) is 4.39 Å². The maximum Gasteiger partial charge on any atom is 0.454 e. The van der Waals surface area contributed by atoms with E-state index in [1.54, 1.807) is 0 Å². The lowest BCUT2D eigenvalue weighted by molar-refractivity contribution is -0.0887. The fourth-order valence-electron chi connectivity index (χ4n) is 0.832. The molecule has 0 radical (unpaired) electrons. The number of carbonyl (C=O) groups is 1. The molecule has 1 aromatic rings. The highest BCUT2D eigenvalue weighted by molar-refractivity contribution is 9.10. The molecule has 0 aliphatic heterocycles. The van der Waals surface area contributed by atoms with Gasteiger partial charge in [0, 0.05) is 0 Å². The number of benzene rings is 1. The van der Waals surface area contributed by atoms with Gasteiger partial charge in [-0.05, 0) is 28.1 Å². The van der Waals surface area contributed by atoms with Crippen LogP contribution in [0.1, 0.15) is 10.4 Å². The van der Waals surface area contributed by atoms with Gasteiger partial charge in [0.15, 0.2) is 0 Å². The molecule has 0 unspecified atom stereocenters. The Hall–Kier alpha value is -0.910. The zero-order valence-electron chi connectivity index (χ0n) is 6.53. The summed E-state index contributed by atoms with van der Waals surface area (Å²) in [6, 6.07) is 3.16. The van der Waals surface area contributed by atoms with Gasteiger partial charge in [-0.3, -0.25) is 4.79 Å². The van der Waals surface area contributed by atoms with Crippen LogP contribution in [0.25, 0.3) is 0 Å². The lowest BCUT2D eigenvalue weighted by Gasteiger charge is -2.06. The highest BCUT2D eigenvalue weighted by Crippen LogP contribution is 2.26. The van der Waals surface area contributed by atoms with Gasteiger partial charge in [-0.2, -0.15) is 13.2 Å². The van der Waals surface area contributed by atoms with Gasteiger partial charge >= 0.3 is 6.18 Å². The Morgan fingerprint density at radius 1 is 1.29 bits per heavy atom. The van der Waals surface area contributed by atoms with E-state index in [9.17, 15) is 22.4 Å². The summed E-state index contributed by atoms with van der Waals surface area (Å²) in [5, 5.41) is 0. The van der Waals surface area contributed by atoms with Crippen molar-refractivity contribution in [2.45, 2.75) is 6.18 Å². The van der Waals surface area contributed by atoms with Crippen molar-refractivity contribution in [2.24, 2.45) is 0 Å². The number of rotatable bonds is 1. The van der Waals surface area contributed by atoms with E-state index < -0.39 is 23.3 Å². The van der Waals surface area contributed by atoms with Gasteiger partial charge < -0.3 is 0 Å². The molecule has 0 saturated heterocycles. The first-order chi connectivity index (χ1) is 6.34. The van der Waals surface area contributed by atoms with Crippen LogP contribution in [-0.4, -0.2) is 12.0 Å². The van der Waals surface area contributed by atoms with E-state index in [1.165, 1.54) is 6.07 Å². The molecule has 1 nitrogen and oxygen atoms in total. The van der Waals surface area contributed by atoms with Crippen LogP contribution in [0.3, 0.4) is 0 Å². The number of halogens is 5. The molecule has 0 bridgehead atoms. The van der Waals surface area contributed by atoms with Gasteiger partial charge in [-0.1, -0.05) is 6.07 Å². The Kier molecular flexibility index (Phi) is 2.94. The third kappa shape index (κ3) is 2.12. The fraction of sp³-hybridized carbons (Fsp3) is 0.125. The summed E-state index contributed by atoms with van der Waals surface area (Å²) in [5.41, 5.74) is -0.980. The van der Waals surface area contributed by atoms with Crippen LogP contribution in [0, 0.1) is 5.82 Å². The molecule has 14 heavy (non-hydrogen) atoms. The van der Waals surface area contributed by atoms with Crippen molar-refractivity contribution in [3.63, 3.8) is 0 Å². The quantitative estimate of drug-likeness (QED) is 0.565. The first-order valence-corrected chi connectivity index (χ1v) is 4.19. The summed E-state index contributed by atoms with van der Waals surface area (Å²) in [6.07, 6.45) is -5.05. The fourth-order valence-corrected chi connectivity index (χ4v) is 1.20. The topological polar surface area (TPSA) is 17.1 Å². The lowest BCUT2D eigenvalue weighted by Crippen LogP contribution is -2.23. The summed E-state index contributed by atoms with van der Waals surface area (Å²) in [6.45, 7) is 0.